The van der Waals surface area contributed by atoms with Gasteiger partial charge in [0.15, 0.2) is 0 Å². The molecule has 0 aliphatic rings. The van der Waals surface area contributed by atoms with Crippen molar-refractivity contribution in [1.82, 2.24) is 14.1 Å². The van der Waals surface area contributed by atoms with Crippen LogP contribution in [0.15, 0.2) is 92.0 Å². The molecular formula is C21H21N4+. The summed E-state index contributed by atoms with van der Waals surface area (Å²) in [7, 11) is 0. The van der Waals surface area contributed by atoms with Crippen LogP contribution in [0.4, 0.5) is 0 Å². The van der Waals surface area contributed by atoms with Gasteiger partial charge in [0.1, 0.15) is 25.5 Å². The van der Waals surface area contributed by atoms with E-state index in [1.165, 1.54) is 16.7 Å². The Labute approximate surface area is 147 Å². The van der Waals surface area contributed by atoms with Crippen molar-refractivity contribution in [3.8, 4) is 0 Å². The minimum atomic E-state index is 0.862. The maximum atomic E-state index is 4.08. The first-order valence-corrected chi connectivity index (χ1v) is 8.47. The number of benzene rings is 2. The lowest BCUT2D eigenvalue weighted by Gasteiger charge is -2.04. The van der Waals surface area contributed by atoms with Crippen molar-refractivity contribution in [2.24, 2.45) is 0 Å². The summed E-state index contributed by atoms with van der Waals surface area (Å²) in [4.78, 5) is 4.08. The van der Waals surface area contributed by atoms with E-state index in [0.717, 1.165) is 19.6 Å². The van der Waals surface area contributed by atoms with Crippen LogP contribution in [0.3, 0.4) is 0 Å². The van der Waals surface area contributed by atoms with Crippen LogP contribution in [-0.4, -0.2) is 14.1 Å². The van der Waals surface area contributed by atoms with Crippen LogP contribution in [0.2, 0.25) is 0 Å². The molecule has 0 amide bonds. The molecule has 4 nitrogen and oxygen atoms in total. The van der Waals surface area contributed by atoms with Crippen LogP contribution >= 0.6 is 0 Å². The lowest BCUT2D eigenvalue weighted by atomic mass is 10.1. The molecule has 2 aromatic carbocycles. The molecule has 2 aromatic heterocycles. The van der Waals surface area contributed by atoms with Gasteiger partial charge in [0.25, 0.3) is 0 Å². The molecule has 0 radical (unpaired) electrons. The summed E-state index contributed by atoms with van der Waals surface area (Å²) < 4.78 is 6.50. The van der Waals surface area contributed by atoms with Gasteiger partial charge in [0, 0.05) is 18.9 Å². The largest absolute Gasteiger partial charge is 0.333 e. The summed E-state index contributed by atoms with van der Waals surface area (Å²) in [5.41, 5.74) is 3.90. The Hall–Kier alpha value is -3.14. The second-order valence-corrected chi connectivity index (χ2v) is 6.30. The Balaban J connectivity index is 1.39. The van der Waals surface area contributed by atoms with Crippen molar-refractivity contribution >= 4 is 0 Å². The molecule has 4 rings (SSSR count). The Bertz CT molecular complexity index is 906. The standard InChI is InChI=1S/C21H21N4/c1-2-4-19(5-3-1)15-24-12-13-25(18-24)16-21-8-6-20(7-9-21)14-23-11-10-22-17-23/h1-13,17-18H,14-16H2/q+1. The van der Waals surface area contributed by atoms with Gasteiger partial charge >= 0.3 is 0 Å². The number of imidazole rings is 2. The fourth-order valence-corrected chi connectivity index (χ4v) is 2.97. The second kappa shape index (κ2) is 7.18. The summed E-state index contributed by atoms with van der Waals surface area (Å²) in [6.45, 7) is 2.64. The van der Waals surface area contributed by atoms with Crippen LogP contribution in [0.5, 0.6) is 0 Å². The highest BCUT2D eigenvalue weighted by Crippen LogP contribution is 2.08. The van der Waals surface area contributed by atoms with E-state index in [1.807, 2.05) is 18.7 Å². The lowest BCUT2D eigenvalue weighted by molar-refractivity contribution is -0.687. The van der Waals surface area contributed by atoms with Crippen molar-refractivity contribution in [2.75, 3.05) is 0 Å². The van der Waals surface area contributed by atoms with Crippen LogP contribution in [0.25, 0.3) is 0 Å². The van der Waals surface area contributed by atoms with E-state index in [1.54, 1.807) is 0 Å². The Morgan fingerprint density at radius 2 is 1.48 bits per heavy atom. The van der Waals surface area contributed by atoms with Crippen molar-refractivity contribution in [3.05, 3.63) is 109 Å². The molecule has 4 aromatic rings. The first-order chi connectivity index (χ1) is 12.3. The van der Waals surface area contributed by atoms with Crippen molar-refractivity contribution in [2.45, 2.75) is 19.6 Å². The molecule has 0 unspecified atom stereocenters. The van der Waals surface area contributed by atoms with E-state index in [4.69, 9.17) is 0 Å². The van der Waals surface area contributed by atoms with Gasteiger partial charge in [0.05, 0.1) is 6.33 Å². The minimum Gasteiger partial charge on any atom is -0.333 e. The monoisotopic (exact) mass is 329 g/mol. The fourth-order valence-electron chi connectivity index (χ4n) is 2.97. The van der Waals surface area contributed by atoms with E-state index in [-0.39, 0.29) is 0 Å². The third kappa shape index (κ3) is 4.04. The SMILES string of the molecule is c1ccc(C[n+]2ccn(Cc3ccc(Cn4ccnc4)cc3)c2)cc1. The third-order valence-corrected chi connectivity index (χ3v) is 4.27. The zero-order valence-electron chi connectivity index (χ0n) is 14.1. The topological polar surface area (TPSA) is 26.6 Å². The lowest BCUT2D eigenvalue weighted by Crippen LogP contribution is -2.31. The van der Waals surface area contributed by atoms with E-state index >= 15 is 0 Å². The summed E-state index contributed by atoms with van der Waals surface area (Å²) in [6.07, 6.45) is 12.1. The van der Waals surface area contributed by atoms with E-state index in [9.17, 15) is 0 Å². The van der Waals surface area contributed by atoms with Crippen molar-refractivity contribution in [3.63, 3.8) is 0 Å². The molecule has 0 spiro atoms. The van der Waals surface area contributed by atoms with Gasteiger partial charge in [0.2, 0.25) is 6.33 Å². The van der Waals surface area contributed by atoms with Gasteiger partial charge in [-0.25, -0.2) is 14.1 Å². The van der Waals surface area contributed by atoms with Crippen LogP contribution < -0.4 is 4.57 Å². The molecule has 0 bridgehead atoms. The Kier molecular flexibility index (Phi) is 4.42. The maximum absolute atomic E-state index is 4.08. The van der Waals surface area contributed by atoms with Gasteiger partial charge in [-0.05, 0) is 16.7 Å². The highest BCUT2D eigenvalue weighted by molar-refractivity contribution is 5.23. The zero-order chi connectivity index (χ0) is 16.9. The van der Waals surface area contributed by atoms with Crippen molar-refractivity contribution in [1.29, 1.82) is 0 Å². The molecule has 0 aliphatic heterocycles. The van der Waals surface area contributed by atoms with Gasteiger partial charge in [-0.15, -0.1) is 0 Å². The number of rotatable bonds is 6. The average molecular weight is 329 g/mol. The predicted octanol–water partition coefficient (Wildman–Crippen LogP) is 3.12. The molecule has 0 atom stereocenters. The molecule has 2 heterocycles. The number of hydrogen-bond acceptors (Lipinski definition) is 1. The van der Waals surface area contributed by atoms with Crippen LogP contribution in [0, 0.1) is 0 Å². The second-order valence-electron chi connectivity index (χ2n) is 6.30. The summed E-state index contributed by atoms with van der Waals surface area (Å²) >= 11 is 0. The quantitative estimate of drug-likeness (QED) is 0.499. The van der Waals surface area contributed by atoms with Gasteiger partial charge in [-0.1, -0.05) is 54.6 Å². The Morgan fingerprint density at radius 3 is 2.16 bits per heavy atom. The third-order valence-electron chi connectivity index (χ3n) is 4.27. The van der Waals surface area contributed by atoms with Crippen molar-refractivity contribution < 1.29 is 4.57 Å². The number of aromatic nitrogens is 4. The minimum absolute atomic E-state index is 0.862. The normalized spacial score (nSPS) is 10.9. The molecule has 124 valence electrons. The molecule has 25 heavy (non-hydrogen) atoms. The predicted molar refractivity (Wildman–Crippen MR) is 97.0 cm³/mol. The summed E-state index contributed by atoms with van der Waals surface area (Å²) in [6, 6.07) is 19.3. The van der Waals surface area contributed by atoms with Crippen LogP contribution in [0.1, 0.15) is 16.7 Å². The molecule has 4 heteroatoms. The Morgan fingerprint density at radius 1 is 0.760 bits per heavy atom. The highest BCUT2D eigenvalue weighted by atomic mass is 15.1. The fraction of sp³-hybridized carbons (Fsp3) is 0.143. The molecule has 0 aliphatic carbocycles. The first kappa shape index (κ1) is 15.4. The average Bonchev–Trinajstić information content (AvgIpc) is 3.30. The smallest absolute Gasteiger partial charge is 0.244 e. The number of nitrogens with zero attached hydrogens (tertiary/aromatic N) is 4. The highest BCUT2D eigenvalue weighted by Gasteiger charge is 2.06. The molecule has 0 N–H and O–H groups in total. The van der Waals surface area contributed by atoms with Crippen LogP contribution in [-0.2, 0) is 19.6 Å². The van der Waals surface area contributed by atoms with E-state index < -0.39 is 0 Å². The summed E-state index contributed by atoms with van der Waals surface area (Å²) in [5.74, 6) is 0. The molecular weight excluding hydrogens is 308 g/mol. The van der Waals surface area contributed by atoms with Gasteiger partial charge < -0.3 is 4.57 Å². The maximum Gasteiger partial charge on any atom is 0.244 e. The molecule has 0 saturated heterocycles. The summed E-state index contributed by atoms with van der Waals surface area (Å²) in [5, 5.41) is 0. The number of hydrogen-bond donors (Lipinski definition) is 0. The van der Waals surface area contributed by atoms with Gasteiger partial charge in [-0.2, -0.15) is 0 Å². The first-order valence-electron chi connectivity index (χ1n) is 8.47. The zero-order valence-corrected chi connectivity index (χ0v) is 14.1. The van der Waals surface area contributed by atoms with E-state index in [0.29, 0.717) is 0 Å². The molecule has 0 fully saturated rings. The van der Waals surface area contributed by atoms with Gasteiger partial charge in [-0.3, -0.25) is 0 Å². The van der Waals surface area contributed by atoms with E-state index in [2.05, 4.69) is 92.0 Å². The molecule has 0 saturated carbocycles.